The Kier molecular flexibility index (Phi) is 6.53. The molecular weight excluding hydrogens is 448 g/mol. The van der Waals surface area contributed by atoms with E-state index in [1.165, 1.54) is 17.2 Å². The number of pyridine rings is 1. The lowest BCUT2D eigenvalue weighted by molar-refractivity contribution is 0.0695. The molecule has 0 N–H and O–H groups in total. The summed E-state index contributed by atoms with van der Waals surface area (Å²) < 4.78 is 12.7. The van der Waals surface area contributed by atoms with Gasteiger partial charge in [0.25, 0.3) is 5.91 Å². The van der Waals surface area contributed by atoms with Crippen LogP contribution < -0.4 is 0 Å². The molecule has 0 aliphatic heterocycles. The molecule has 1 aromatic carbocycles. The van der Waals surface area contributed by atoms with E-state index in [-0.39, 0.29) is 18.2 Å². The van der Waals surface area contributed by atoms with E-state index in [4.69, 9.17) is 16.9 Å². The summed E-state index contributed by atoms with van der Waals surface area (Å²) in [6, 6.07) is 10.3. The Morgan fingerprint density at radius 2 is 2.16 bits per heavy atom. The topological polar surface area (TPSA) is 105 Å². The van der Waals surface area contributed by atoms with E-state index in [0.717, 1.165) is 18.4 Å². The number of carbonyl (C=O) groups is 1. The normalized spacial score (nSPS) is 13.9. The molecule has 3 aromatic rings. The number of benzene rings is 1. The first-order valence-corrected chi connectivity index (χ1v) is 11.4. The van der Waals surface area contributed by atoms with E-state index in [1.54, 1.807) is 23.1 Å². The van der Waals surface area contributed by atoms with Crippen LogP contribution in [0.4, 0.5) is 0 Å². The van der Waals surface area contributed by atoms with Crippen molar-refractivity contribution in [2.24, 2.45) is 0 Å². The highest BCUT2D eigenvalue weighted by Crippen LogP contribution is 2.41. The molecule has 1 unspecified atom stereocenters. The monoisotopic (exact) mass is 467 g/mol. The minimum atomic E-state index is -0.488. The van der Waals surface area contributed by atoms with Crippen molar-refractivity contribution in [3.05, 3.63) is 70.4 Å². The zero-order valence-electron chi connectivity index (χ0n) is 17.3. The molecule has 1 amide bonds. The number of nitriles is 1. The summed E-state index contributed by atoms with van der Waals surface area (Å²) in [5.41, 5.74) is 1.99. The maximum atomic E-state index is 13.5. The van der Waals surface area contributed by atoms with Gasteiger partial charge >= 0.3 is 11.7 Å². The van der Waals surface area contributed by atoms with E-state index >= 15 is 0 Å². The third-order valence-corrected chi connectivity index (χ3v) is 5.97. The van der Waals surface area contributed by atoms with Crippen LogP contribution in [0.3, 0.4) is 0 Å². The van der Waals surface area contributed by atoms with Gasteiger partial charge in [0.2, 0.25) is 5.75 Å². The van der Waals surface area contributed by atoms with Crippen LogP contribution in [0.1, 0.15) is 59.0 Å². The lowest BCUT2D eigenvalue weighted by atomic mass is 10.1. The molecule has 1 aliphatic carbocycles. The molecule has 0 bridgehead atoms. The van der Waals surface area contributed by atoms with Gasteiger partial charge in [-0.15, -0.1) is 0 Å². The molecule has 32 heavy (non-hydrogen) atoms. The zero-order chi connectivity index (χ0) is 22.7. The number of halogens is 1. The molecule has 10 heteroatoms. The van der Waals surface area contributed by atoms with Gasteiger partial charge in [0.05, 0.1) is 18.2 Å². The third kappa shape index (κ3) is 4.66. The standard InChI is InChI=1S/C22H20ClN6O2S/c1-14(21-26-13-27-29(21)20-5-2-15(11-24)12-25-20)28(6-7-32-31)22(30)18-8-17(16-3-4-16)9-19(23)10-18/h2,5,8-10,12-14,16H,3-4,6-7H2,1H3/q+1. The van der Waals surface area contributed by atoms with Crippen molar-refractivity contribution < 1.29 is 9.00 Å². The van der Waals surface area contributed by atoms with E-state index in [2.05, 4.69) is 15.1 Å². The largest absolute Gasteiger partial charge is 0.460 e. The van der Waals surface area contributed by atoms with Crippen molar-refractivity contribution in [1.29, 1.82) is 5.26 Å². The summed E-state index contributed by atoms with van der Waals surface area (Å²) in [6.07, 6.45) is 5.04. The molecule has 2 heterocycles. The fraction of sp³-hybridized carbons (Fsp3) is 0.318. The first kappa shape index (κ1) is 22.0. The van der Waals surface area contributed by atoms with Crippen molar-refractivity contribution in [2.75, 3.05) is 12.3 Å². The highest BCUT2D eigenvalue weighted by Gasteiger charge is 2.30. The van der Waals surface area contributed by atoms with Gasteiger partial charge < -0.3 is 4.90 Å². The van der Waals surface area contributed by atoms with E-state index in [0.29, 0.717) is 45.4 Å². The summed E-state index contributed by atoms with van der Waals surface area (Å²) in [7, 11) is 0. The smallest absolute Gasteiger partial charge is 0.323 e. The van der Waals surface area contributed by atoms with Gasteiger partial charge in [-0.25, -0.2) is 9.97 Å². The molecule has 8 nitrogen and oxygen atoms in total. The summed E-state index contributed by atoms with van der Waals surface area (Å²) in [6.45, 7) is 2.08. The fourth-order valence-electron chi connectivity index (χ4n) is 3.59. The molecule has 1 aliphatic rings. The maximum Gasteiger partial charge on any atom is 0.460 e. The predicted molar refractivity (Wildman–Crippen MR) is 120 cm³/mol. The third-order valence-electron chi connectivity index (χ3n) is 5.40. The molecule has 1 atom stereocenters. The molecule has 0 spiro atoms. The maximum absolute atomic E-state index is 13.5. The summed E-state index contributed by atoms with van der Waals surface area (Å²) in [5, 5.41) is 13.8. The molecule has 0 radical (unpaired) electrons. The van der Waals surface area contributed by atoms with Crippen molar-refractivity contribution in [2.45, 2.75) is 31.7 Å². The Morgan fingerprint density at radius 1 is 1.34 bits per heavy atom. The summed E-state index contributed by atoms with van der Waals surface area (Å²) in [5.74, 6) is 1.44. The van der Waals surface area contributed by atoms with Crippen LogP contribution >= 0.6 is 11.6 Å². The Morgan fingerprint density at radius 3 is 2.81 bits per heavy atom. The number of nitrogens with zero attached hydrogens (tertiary/aromatic N) is 6. The lowest BCUT2D eigenvalue weighted by Gasteiger charge is -2.27. The van der Waals surface area contributed by atoms with Crippen molar-refractivity contribution in [3.8, 4) is 11.9 Å². The van der Waals surface area contributed by atoms with Crippen LogP contribution in [-0.4, -0.2) is 42.9 Å². The Labute approximate surface area is 194 Å². The fourth-order valence-corrected chi connectivity index (χ4v) is 4.10. The SMILES string of the molecule is CC(c1ncnn1-c1ccc(C#N)cn1)N(CC[S+]=O)C(=O)c1cc(Cl)cc(C2CC2)c1. The van der Waals surface area contributed by atoms with Gasteiger partial charge in [0.15, 0.2) is 11.6 Å². The van der Waals surface area contributed by atoms with E-state index in [9.17, 15) is 9.00 Å². The lowest BCUT2D eigenvalue weighted by Crippen LogP contribution is -2.37. The number of hydrogen-bond donors (Lipinski definition) is 0. The first-order valence-electron chi connectivity index (χ1n) is 10.1. The summed E-state index contributed by atoms with van der Waals surface area (Å²) in [4.78, 5) is 23.7. The quantitative estimate of drug-likeness (QED) is 0.468. The molecule has 4 rings (SSSR count). The van der Waals surface area contributed by atoms with Crippen molar-refractivity contribution >= 4 is 29.2 Å². The number of carbonyl (C=O) groups excluding carboxylic acids is 1. The van der Waals surface area contributed by atoms with Gasteiger partial charge in [-0.2, -0.15) is 15.0 Å². The Balaban J connectivity index is 1.67. The average molecular weight is 468 g/mol. The van der Waals surface area contributed by atoms with E-state index in [1.807, 2.05) is 25.1 Å². The van der Waals surface area contributed by atoms with Crippen molar-refractivity contribution in [3.63, 3.8) is 0 Å². The van der Waals surface area contributed by atoms with E-state index < -0.39 is 6.04 Å². The minimum Gasteiger partial charge on any atom is -0.323 e. The predicted octanol–water partition coefficient (Wildman–Crippen LogP) is 3.70. The van der Waals surface area contributed by atoms with Gasteiger partial charge in [-0.3, -0.25) is 4.79 Å². The second-order valence-electron chi connectivity index (χ2n) is 7.59. The number of rotatable bonds is 8. The van der Waals surface area contributed by atoms with Crippen LogP contribution in [0.5, 0.6) is 0 Å². The Bertz CT molecular complexity index is 1190. The number of aromatic nitrogens is 4. The Hall–Kier alpha value is -3.22. The van der Waals surface area contributed by atoms with Crippen LogP contribution in [-0.2, 0) is 15.9 Å². The van der Waals surface area contributed by atoms with Gasteiger partial charge in [0, 0.05) is 21.0 Å². The molecular formula is C22H20ClN6O2S+. The number of amides is 1. The van der Waals surface area contributed by atoms with Crippen LogP contribution in [0.15, 0.2) is 42.9 Å². The van der Waals surface area contributed by atoms with Crippen LogP contribution in [0, 0.1) is 11.3 Å². The number of hydrogen-bond acceptors (Lipinski definition) is 6. The molecule has 162 valence electrons. The second kappa shape index (κ2) is 9.51. The molecule has 2 aromatic heterocycles. The second-order valence-corrected chi connectivity index (χ2v) is 8.67. The first-order chi connectivity index (χ1) is 15.5. The highest BCUT2D eigenvalue weighted by atomic mass is 35.5. The van der Waals surface area contributed by atoms with Crippen LogP contribution in [0.25, 0.3) is 5.82 Å². The highest BCUT2D eigenvalue weighted by molar-refractivity contribution is 7.65. The molecule has 1 fully saturated rings. The average Bonchev–Trinajstić information content (AvgIpc) is 3.55. The zero-order valence-corrected chi connectivity index (χ0v) is 18.9. The van der Waals surface area contributed by atoms with Gasteiger partial charge in [-0.05, 0) is 61.6 Å². The molecule has 0 saturated heterocycles. The van der Waals surface area contributed by atoms with Gasteiger partial charge in [-0.1, -0.05) is 11.6 Å². The summed E-state index contributed by atoms with van der Waals surface area (Å²) >= 11 is 6.73. The van der Waals surface area contributed by atoms with Crippen molar-refractivity contribution in [1.82, 2.24) is 24.6 Å². The molecule has 1 saturated carbocycles. The van der Waals surface area contributed by atoms with Gasteiger partial charge in [0.1, 0.15) is 12.4 Å². The van der Waals surface area contributed by atoms with Crippen LogP contribution in [0.2, 0.25) is 5.02 Å². The minimum absolute atomic E-state index is 0.224.